The van der Waals surface area contributed by atoms with Crippen molar-refractivity contribution < 1.29 is 20.1 Å². The minimum Gasteiger partial charge on any atom is -0.388 e. The molecule has 0 saturated carbocycles. The lowest BCUT2D eigenvalue weighted by molar-refractivity contribution is -0.178. The molecule has 4 atom stereocenters. The largest absolute Gasteiger partial charge is 0.388 e. The molecule has 0 bridgehead atoms. The van der Waals surface area contributed by atoms with E-state index in [2.05, 4.69) is 5.32 Å². The van der Waals surface area contributed by atoms with Crippen LogP contribution in [0.15, 0.2) is 30.3 Å². The zero-order valence-corrected chi connectivity index (χ0v) is 8.65. The molecule has 4 N–H and O–H groups in total. The molecule has 0 spiro atoms. The van der Waals surface area contributed by atoms with Crippen molar-refractivity contribution in [2.75, 3.05) is 11.9 Å². The molecule has 16 heavy (non-hydrogen) atoms. The first kappa shape index (κ1) is 11.3. The smallest absolute Gasteiger partial charge is 0.156 e. The summed E-state index contributed by atoms with van der Waals surface area (Å²) in [6.07, 6.45) is -4.08. The molecule has 0 unspecified atom stereocenters. The maximum Gasteiger partial charge on any atom is 0.156 e. The van der Waals surface area contributed by atoms with E-state index in [-0.39, 0.29) is 6.61 Å². The monoisotopic (exact) mass is 225 g/mol. The molecule has 0 aromatic heterocycles. The third-order valence-electron chi connectivity index (χ3n) is 2.58. The number of rotatable bonds is 2. The number of hydrogen-bond acceptors (Lipinski definition) is 5. The molecule has 1 heterocycles. The Kier molecular flexibility index (Phi) is 3.40. The van der Waals surface area contributed by atoms with Crippen LogP contribution in [0.4, 0.5) is 5.69 Å². The summed E-state index contributed by atoms with van der Waals surface area (Å²) in [5.74, 6) is 0. The highest BCUT2D eigenvalue weighted by atomic mass is 16.5. The van der Waals surface area contributed by atoms with Gasteiger partial charge in [0.25, 0.3) is 0 Å². The quantitative estimate of drug-likeness (QED) is 0.547. The number of nitrogens with one attached hydrogen (secondary N) is 1. The fraction of sp³-hybridized carbons (Fsp3) is 0.455. The van der Waals surface area contributed by atoms with E-state index in [4.69, 9.17) is 4.74 Å². The average Bonchev–Trinajstić information content (AvgIpc) is 2.31. The highest BCUT2D eigenvalue weighted by Gasteiger charge is 2.37. The number of para-hydroxylation sites is 1. The zero-order chi connectivity index (χ0) is 11.5. The Balaban J connectivity index is 2.00. The second-order valence-corrected chi connectivity index (χ2v) is 3.81. The van der Waals surface area contributed by atoms with Crippen molar-refractivity contribution in [1.82, 2.24) is 0 Å². The highest BCUT2D eigenvalue weighted by Crippen LogP contribution is 2.18. The lowest BCUT2D eigenvalue weighted by Gasteiger charge is -2.35. The Morgan fingerprint density at radius 3 is 2.44 bits per heavy atom. The molecule has 0 amide bonds. The van der Waals surface area contributed by atoms with Crippen molar-refractivity contribution in [2.45, 2.75) is 24.5 Å². The summed E-state index contributed by atoms with van der Waals surface area (Å²) in [6, 6.07) is 9.23. The summed E-state index contributed by atoms with van der Waals surface area (Å²) in [6.45, 7) is 0.00271. The molecule has 1 aromatic carbocycles. The van der Waals surface area contributed by atoms with Gasteiger partial charge in [0.2, 0.25) is 0 Å². The van der Waals surface area contributed by atoms with Crippen molar-refractivity contribution in [2.24, 2.45) is 0 Å². The lowest BCUT2D eigenvalue weighted by Crippen LogP contribution is -2.55. The molecule has 2 rings (SSSR count). The normalized spacial score (nSPS) is 34.7. The molecular formula is C11H15NO4. The van der Waals surface area contributed by atoms with Crippen LogP contribution in [0.2, 0.25) is 0 Å². The fourth-order valence-electron chi connectivity index (χ4n) is 1.63. The third-order valence-corrected chi connectivity index (χ3v) is 2.58. The molecule has 5 heteroatoms. The minimum absolute atomic E-state index is 0.00271. The minimum atomic E-state index is -1.19. The third kappa shape index (κ3) is 2.33. The van der Waals surface area contributed by atoms with Crippen molar-refractivity contribution in [3.8, 4) is 0 Å². The van der Waals surface area contributed by atoms with Crippen LogP contribution in [0, 0.1) is 0 Å². The second kappa shape index (κ2) is 4.80. The van der Waals surface area contributed by atoms with Gasteiger partial charge in [-0.1, -0.05) is 18.2 Å². The standard InChI is InChI=1S/C11H15NO4/c13-8-6-16-11(10(15)9(8)14)12-7-4-2-1-3-5-7/h1-5,8-15H,6H2/t8-,9-,10+,11-/m1/s1. The van der Waals surface area contributed by atoms with Crippen molar-refractivity contribution in [1.29, 1.82) is 0 Å². The van der Waals surface area contributed by atoms with E-state index in [0.29, 0.717) is 0 Å². The molecule has 0 radical (unpaired) electrons. The Morgan fingerprint density at radius 2 is 1.75 bits per heavy atom. The van der Waals surface area contributed by atoms with Crippen LogP contribution in [0.5, 0.6) is 0 Å². The van der Waals surface area contributed by atoms with Crippen molar-refractivity contribution in [3.63, 3.8) is 0 Å². The fourth-order valence-corrected chi connectivity index (χ4v) is 1.63. The molecule has 1 aliphatic rings. The topological polar surface area (TPSA) is 82.0 Å². The number of hydrogen-bond donors (Lipinski definition) is 4. The molecular weight excluding hydrogens is 210 g/mol. The van der Waals surface area contributed by atoms with Crippen LogP contribution >= 0.6 is 0 Å². The van der Waals surface area contributed by atoms with Gasteiger partial charge in [-0.05, 0) is 12.1 Å². The Morgan fingerprint density at radius 1 is 1.06 bits per heavy atom. The Bertz CT molecular complexity index is 332. The predicted octanol–water partition coefficient (Wildman–Crippen LogP) is -0.463. The first-order valence-corrected chi connectivity index (χ1v) is 5.16. The van der Waals surface area contributed by atoms with E-state index in [1.165, 1.54) is 0 Å². The van der Waals surface area contributed by atoms with Gasteiger partial charge in [0, 0.05) is 5.69 Å². The van der Waals surface area contributed by atoms with Gasteiger partial charge in [-0.25, -0.2) is 0 Å². The van der Waals surface area contributed by atoms with E-state index in [0.717, 1.165) is 5.69 Å². The van der Waals surface area contributed by atoms with Gasteiger partial charge in [-0.2, -0.15) is 0 Å². The van der Waals surface area contributed by atoms with Crippen LogP contribution in [-0.4, -0.2) is 46.5 Å². The van der Waals surface area contributed by atoms with Gasteiger partial charge in [0.05, 0.1) is 6.61 Å². The summed E-state index contributed by atoms with van der Waals surface area (Å²) in [5, 5.41) is 31.4. The van der Waals surface area contributed by atoms with E-state index in [9.17, 15) is 15.3 Å². The Labute approximate surface area is 93.3 Å². The maximum atomic E-state index is 9.67. The van der Waals surface area contributed by atoms with E-state index in [1.54, 1.807) is 0 Å². The first-order valence-electron chi connectivity index (χ1n) is 5.16. The predicted molar refractivity (Wildman–Crippen MR) is 57.8 cm³/mol. The van der Waals surface area contributed by atoms with Gasteiger partial charge in [0.15, 0.2) is 6.23 Å². The van der Waals surface area contributed by atoms with Crippen molar-refractivity contribution in [3.05, 3.63) is 30.3 Å². The van der Waals surface area contributed by atoms with Gasteiger partial charge in [0.1, 0.15) is 18.3 Å². The summed E-state index contributed by atoms with van der Waals surface area (Å²) < 4.78 is 5.21. The summed E-state index contributed by atoms with van der Waals surface area (Å²) in [5.41, 5.74) is 0.787. The number of benzene rings is 1. The van der Waals surface area contributed by atoms with Gasteiger partial charge >= 0.3 is 0 Å². The molecule has 1 aliphatic heterocycles. The molecule has 1 saturated heterocycles. The number of anilines is 1. The van der Waals surface area contributed by atoms with Crippen LogP contribution in [0.1, 0.15) is 0 Å². The summed E-state index contributed by atoms with van der Waals surface area (Å²) in [4.78, 5) is 0. The maximum absolute atomic E-state index is 9.67. The molecule has 1 fully saturated rings. The number of ether oxygens (including phenoxy) is 1. The van der Waals surface area contributed by atoms with Crippen LogP contribution in [-0.2, 0) is 4.74 Å². The van der Waals surface area contributed by atoms with Gasteiger partial charge in [-0.3, -0.25) is 0 Å². The second-order valence-electron chi connectivity index (χ2n) is 3.81. The molecule has 88 valence electrons. The van der Waals surface area contributed by atoms with Gasteiger partial charge in [-0.15, -0.1) is 0 Å². The Hall–Kier alpha value is -1.14. The molecule has 5 nitrogen and oxygen atoms in total. The molecule has 0 aliphatic carbocycles. The molecule has 1 aromatic rings. The van der Waals surface area contributed by atoms with Crippen LogP contribution < -0.4 is 5.32 Å². The highest BCUT2D eigenvalue weighted by molar-refractivity contribution is 5.43. The summed E-state index contributed by atoms with van der Waals surface area (Å²) in [7, 11) is 0. The first-order chi connectivity index (χ1) is 7.68. The summed E-state index contributed by atoms with van der Waals surface area (Å²) >= 11 is 0. The lowest BCUT2D eigenvalue weighted by atomic mass is 10.0. The number of aliphatic hydroxyl groups is 3. The van der Waals surface area contributed by atoms with E-state index >= 15 is 0 Å². The van der Waals surface area contributed by atoms with E-state index in [1.807, 2.05) is 30.3 Å². The average molecular weight is 225 g/mol. The zero-order valence-electron chi connectivity index (χ0n) is 8.65. The number of aliphatic hydroxyl groups excluding tert-OH is 3. The van der Waals surface area contributed by atoms with Gasteiger partial charge < -0.3 is 25.4 Å². The van der Waals surface area contributed by atoms with Crippen LogP contribution in [0.3, 0.4) is 0 Å². The van der Waals surface area contributed by atoms with Crippen LogP contribution in [0.25, 0.3) is 0 Å². The van der Waals surface area contributed by atoms with Crippen molar-refractivity contribution >= 4 is 5.69 Å². The van der Waals surface area contributed by atoms with E-state index < -0.39 is 24.5 Å². The SMILES string of the molecule is O[C@H]1[C@H](O)[C@H](Nc2ccccc2)OC[C@H]1O.